The van der Waals surface area contributed by atoms with Crippen molar-refractivity contribution < 1.29 is 37.1 Å². The Kier molecular flexibility index (Phi) is 9.39. The van der Waals surface area contributed by atoms with Crippen LogP contribution in [0.25, 0.3) is 10.8 Å². The van der Waals surface area contributed by atoms with E-state index in [2.05, 4.69) is 28.0 Å². The third-order valence-corrected chi connectivity index (χ3v) is 11.7. The Balaban J connectivity index is 1.30. The van der Waals surface area contributed by atoms with Crippen molar-refractivity contribution in [3.8, 4) is 5.88 Å². The fraction of sp³-hybridized carbons (Fsp3) is 0.595. The number of hydrogen-bond donors (Lipinski definition) is 3. The number of fused-ring (bicyclic) bond motifs is 1. The molecule has 3 saturated carbocycles. The molecule has 0 radical (unpaired) electrons. The Morgan fingerprint density at radius 2 is 1.75 bits per heavy atom. The normalized spacial score (nSPS) is 25.5. The van der Waals surface area contributed by atoms with Gasteiger partial charge in [-0.1, -0.05) is 45.0 Å². The SMILES string of the molecule is C=C[C@@H]1C[C@]1(NC(=O)[C@@H]1C[C@@H](Oc2nc(C3CC3)cc3ccccc23)CN1C(=O)[C@@H](NC(=O)OC(C)(C)C)C(C)(C)C)C(=O)NS(=O)(=O)C1CC1. The van der Waals surface area contributed by atoms with Crippen LogP contribution < -0.4 is 20.1 Å². The minimum atomic E-state index is -3.89. The van der Waals surface area contributed by atoms with E-state index < -0.39 is 79.7 Å². The lowest BCUT2D eigenvalue weighted by molar-refractivity contribution is -0.143. The fourth-order valence-corrected chi connectivity index (χ4v) is 8.02. The quantitative estimate of drug-likeness (QED) is 0.289. The number of rotatable bonds is 11. The molecule has 2 heterocycles. The Labute approximate surface area is 299 Å². The summed E-state index contributed by atoms with van der Waals surface area (Å²) < 4.78 is 39.6. The zero-order chi connectivity index (χ0) is 37.1. The van der Waals surface area contributed by atoms with Crippen molar-refractivity contribution in [1.82, 2.24) is 25.2 Å². The molecule has 0 bridgehead atoms. The van der Waals surface area contributed by atoms with Gasteiger partial charge in [0.25, 0.3) is 5.91 Å². The molecule has 276 valence electrons. The van der Waals surface area contributed by atoms with Gasteiger partial charge in [0.2, 0.25) is 27.7 Å². The lowest BCUT2D eigenvalue weighted by Gasteiger charge is -2.36. The summed E-state index contributed by atoms with van der Waals surface area (Å²) in [4.78, 5) is 61.5. The molecule has 6 rings (SSSR count). The topological polar surface area (TPSA) is 173 Å². The summed E-state index contributed by atoms with van der Waals surface area (Å²) in [6, 6.07) is 7.59. The van der Waals surface area contributed by atoms with E-state index in [0.717, 1.165) is 29.3 Å². The van der Waals surface area contributed by atoms with Crippen molar-refractivity contribution in [2.75, 3.05) is 6.54 Å². The highest BCUT2D eigenvalue weighted by Crippen LogP contribution is 2.46. The fourth-order valence-electron chi connectivity index (χ4n) is 6.66. The van der Waals surface area contributed by atoms with Crippen LogP contribution in [0.1, 0.15) is 91.7 Å². The second kappa shape index (κ2) is 13.1. The number of carbonyl (C=O) groups excluding carboxylic acids is 4. The Morgan fingerprint density at radius 1 is 1.06 bits per heavy atom. The first kappa shape index (κ1) is 36.6. The van der Waals surface area contributed by atoms with E-state index >= 15 is 0 Å². The number of alkyl carbamates (subject to hydrolysis) is 1. The molecule has 14 heteroatoms. The summed E-state index contributed by atoms with van der Waals surface area (Å²) >= 11 is 0. The zero-order valence-electron chi connectivity index (χ0n) is 30.2. The first-order chi connectivity index (χ1) is 23.8. The molecule has 2 aromatic rings. The van der Waals surface area contributed by atoms with Crippen LogP contribution in [0.3, 0.4) is 0 Å². The van der Waals surface area contributed by atoms with Crippen LogP contribution in [0.5, 0.6) is 5.88 Å². The number of likely N-dealkylation sites (tertiary alicyclic amines) is 1. The van der Waals surface area contributed by atoms with Gasteiger partial charge in [0, 0.05) is 29.3 Å². The molecule has 3 N–H and O–H groups in total. The lowest BCUT2D eigenvalue weighted by atomic mass is 9.85. The molecule has 1 aliphatic heterocycles. The van der Waals surface area contributed by atoms with Crippen molar-refractivity contribution in [3.63, 3.8) is 0 Å². The minimum Gasteiger partial charge on any atom is -0.472 e. The van der Waals surface area contributed by atoms with Gasteiger partial charge in [0.05, 0.1) is 11.8 Å². The third-order valence-electron chi connectivity index (χ3n) is 9.87. The first-order valence-corrected chi connectivity index (χ1v) is 19.2. The minimum absolute atomic E-state index is 0.0106. The number of hydrogen-bond acceptors (Lipinski definition) is 9. The molecule has 0 unspecified atom stereocenters. The number of carbonyl (C=O) groups is 4. The summed E-state index contributed by atoms with van der Waals surface area (Å²) in [6.07, 6.45) is 3.28. The standard InChI is InChI=1S/C37H49N5O8S/c1-8-23-19-37(23,33(45)41-51(47,48)25-15-16-25)40-30(43)28-18-24(49-31-26-12-10-9-11-22(26)17-27(38-31)21-13-14-21)20-42(28)32(44)29(35(2,3)4)39-34(46)50-36(5,6)7/h8-12,17,21,23-25,28-29H,1,13-16,18-20H2,2-7H3,(H,39,46)(H,40,43)(H,41,45)/t23-,24-,28+,29-,37-/m1/s1. The summed E-state index contributed by atoms with van der Waals surface area (Å²) in [7, 11) is -3.89. The number of nitrogens with zero attached hydrogens (tertiary/aromatic N) is 2. The predicted molar refractivity (Wildman–Crippen MR) is 190 cm³/mol. The Morgan fingerprint density at radius 3 is 2.33 bits per heavy atom. The molecule has 5 atom stereocenters. The predicted octanol–water partition coefficient (Wildman–Crippen LogP) is 4.07. The van der Waals surface area contributed by atoms with Crippen LogP contribution >= 0.6 is 0 Å². The molecule has 4 aliphatic rings. The number of benzene rings is 1. The van der Waals surface area contributed by atoms with Gasteiger partial charge in [-0.15, -0.1) is 6.58 Å². The van der Waals surface area contributed by atoms with E-state index in [1.165, 1.54) is 11.0 Å². The maximum atomic E-state index is 14.5. The zero-order valence-corrected chi connectivity index (χ0v) is 31.0. The molecule has 1 aromatic heterocycles. The van der Waals surface area contributed by atoms with Crippen LogP contribution in [0.2, 0.25) is 0 Å². The molecule has 4 amide bonds. The Bertz CT molecular complexity index is 1860. The van der Waals surface area contributed by atoms with Gasteiger partial charge in [-0.05, 0) is 75.8 Å². The van der Waals surface area contributed by atoms with Gasteiger partial charge in [-0.3, -0.25) is 19.1 Å². The number of sulfonamides is 1. The van der Waals surface area contributed by atoms with Crippen molar-refractivity contribution in [2.45, 2.75) is 121 Å². The van der Waals surface area contributed by atoms with Crippen molar-refractivity contribution in [2.24, 2.45) is 11.3 Å². The highest BCUT2D eigenvalue weighted by atomic mass is 32.2. The highest BCUT2D eigenvalue weighted by Gasteiger charge is 2.62. The second-order valence-corrected chi connectivity index (χ2v) is 18.4. The number of ether oxygens (including phenoxy) is 2. The summed E-state index contributed by atoms with van der Waals surface area (Å²) in [5.41, 5.74) is -2.23. The second-order valence-electron chi connectivity index (χ2n) is 16.5. The van der Waals surface area contributed by atoms with Crippen LogP contribution in [0.15, 0.2) is 43.0 Å². The van der Waals surface area contributed by atoms with Crippen LogP contribution in [0, 0.1) is 11.3 Å². The van der Waals surface area contributed by atoms with E-state index in [-0.39, 0.29) is 19.4 Å². The molecule has 13 nitrogen and oxygen atoms in total. The van der Waals surface area contributed by atoms with Crippen molar-refractivity contribution >= 4 is 44.6 Å². The van der Waals surface area contributed by atoms with Gasteiger partial charge >= 0.3 is 6.09 Å². The number of amides is 4. The third kappa shape index (κ3) is 8.00. The molecule has 0 spiro atoms. The first-order valence-electron chi connectivity index (χ1n) is 17.7. The van der Waals surface area contributed by atoms with Crippen LogP contribution in [-0.2, 0) is 29.1 Å². The molecule has 1 aromatic carbocycles. The monoisotopic (exact) mass is 723 g/mol. The van der Waals surface area contributed by atoms with Crippen molar-refractivity contribution in [1.29, 1.82) is 0 Å². The summed E-state index contributed by atoms with van der Waals surface area (Å²) in [5, 5.41) is 6.66. The average molecular weight is 724 g/mol. The summed E-state index contributed by atoms with van der Waals surface area (Å²) in [5.74, 6) is -1.76. The smallest absolute Gasteiger partial charge is 0.408 e. The molecule has 51 heavy (non-hydrogen) atoms. The molecule has 4 fully saturated rings. The van der Waals surface area contributed by atoms with E-state index in [4.69, 9.17) is 14.5 Å². The largest absolute Gasteiger partial charge is 0.472 e. The van der Waals surface area contributed by atoms with Gasteiger partial charge in [-0.25, -0.2) is 18.2 Å². The van der Waals surface area contributed by atoms with E-state index in [9.17, 15) is 27.6 Å². The average Bonchev–Trinajstić information content (AvgIpc) is 3.91. The number of pyridine rings is 1. The van der Waals surface area contributed by atoms with E-state index in [0.29, 0.717) is 24.6 Å². The van der Waals surface area contributed by atoms with Gasteiger partial charge in [0.15, 0.2) is 0 Å². The summed E-state index contributed by atoms with van der Waals surface area (Å²) in [6.45, 7) is 14.3. The van der Waals surface area contributed by atoms with Crippen LogP contribution in [0.4, 0.5) is 4.79 Å². The van der Waals surface area contributed by atoms with E-state index in [1.807, 2.05) is 24.3 Å². The highest BCUT2D eigenvalue weighted by molar-refractivity contribution is 7.91. The molecule has 1 saturated heterocycles. The lowest BCUT2D eigenvalue weighted by Crippen LogP contribution is -2.60. The van der Waals surface area contributed by atoms with Gasteiger partial charge < -0.3 is 25.0 Å². The molecular formula is C37H49N5O8S. The van der Waals surface area contributed by atoms with Gasteiger partial charge in [-0.2, -0.15) is 0 Å². The van der Waals surface area contributed by atoms with Crippen LogP contribution in [-0.4, -0.2) is 83.2 Å². The van der Waals surface area contributed by atoms with E-state index in [1.54, 1.807) is 41.5 Å². The molecular weight excluding hydrogens is 675 g/mol. The maximum Gasteiger partial charge on any atom is 0.408 e. The number of nitrogens with one attached hydrogen (secondary N) is 3. The Hall–Kier alpha value is -4.20. The molecule has 3 aliphatic carbocycles. The van der Waals surface area contributed by atoms with Crippen molar-refractivity contribution in [3.05, 3.63) is 48.7 Å². The number of aromatic nitrogens is 1. The van der Waals surface area contributed by atoms with Gasteiger partial charge in [0.1, 0.15) is 29.3 Å². The maximum absolute atomic E-state index is 14.5.